The lowest BCUT2D eigenvalue weighted by molar-refractivity contribution is -0.129. The van der Waals surface area contributed by atoms with Crippen molar-refractivity contribution in [1.29, 1.82) is 0 Å². The predicted octanol–water partition coefficient (Wildman–Crippen LogP) is -1.17. The van der Waals surface area contributed by atoms with Crippen LogP contribution in [0.4, 0.5) is 0 Å². The van der Waals surface area contributed by atoms with E-state index < -0.39 is 35.3 Å². The van der Waals surface area contributed by atoms with E-state index in [4.69, 9.17) is 0 Å². The average molecular weight is 478 g/mol. The van der Waals surface area contributed by atoms with Gasteiger partial charge in [-0.15, -0.1) is 0 Å². The molecule has 13 nitrogen and oxygen atoms in total. The lowest BCUT2D eigenvalue weighted by Crippen LogP contribution is -2.49. The molecule has 13 heteroatoms. The minimum atomic E-state index is -0.802. The molecule has 0 aliphatic heterocycles. The molecule has 0 aliphatic carbocycles. The van der Waals surface area contributed by atoms with E-state index in [0.717, 1.165) is 14.7 Å². The summed E-state index contributed by atoms with van der Waals surface area (Å²) in [6, 6.07) is 10.7. The maximum atomic E-state index is 13.2. The zero-order valence-electron chi connectivity index (χ0n) is 18.7. The monoisotopic (exact) mass is 478 g/mol. The molecule has 2 N–H and O–H groups in total. The number of carbonyl (C=O) groups is 2. The topological polar surface area (TPSA) is 155 Å². The van der Waals surface area contributed by atoms with Crippen molar-refractivity contribution >= 4 is 23.0 Å². The number of aromatic nitrogens is 6. The van der Waals surface area contributed by atoms with Crippen molar-refractivity contribution in [2.24, 2.45) is 0 Å². The molecule has 2 amide bonds. The van der Waals surface area contributed by atoms with E-state index in [9.17, 15) is 24.0 Å². The molecule has 35 heavy (non-hydrogen) atoms. The van der Waals surface area contributed by atoms with Gasteiger partial charge in [-0.1, -0.05) is 30.3 Å². The second-order valence-corrected chi connectivity index (χ2v) is 7.57. The number of imidazole rings is 1. The molecule has 4 rings (SSSR count). The number of benzene rings is 1. The minimum Gasteiger partial charge on any atom is -0.325 e. The maximum absolute atomic E-state index is 13.2. The fraction of sp³-hybridized carbons (Fsp3) is 0.227. The van der Waals surface area contributed by atoms with Gasteiger partial charge in [-0.3, -0.25) is 34.4 Å². The SMILES string of the molecule is CCn1cnc2c1c(=O)n(CC(=O)NNC(=O)Cn1cccnc1=O)c(=O)n2Cc1ccccc1. The summed E-state index contributed by atoms with van der Waals surface area (Å²) >= 11 is 0. The first-order valence-electron chi connectivity index (χ1n) is 10.7. The zero-order valence-corrected chi connectivity index (χ0v) is 18.7. The minimum absolute atomic E-state index is 0.148. The smallest absolute Gasteiger partial charge is 0.325 e. The summed E-state index contributed by atoms with van der Waals surface area (Å²) in [5.74, 6) is -1.49. The van der Waals surface area contributed by atoms with Crippen LogP contribution < -0.4 is 27.8 Å². The summed E-state index contributed by atoms with van der Waals surface area (Å²) in [5.41, 5.74) is 3.54. The van der Waals surface area contributed by atoms with Crippen LogP contribution in [0.15, 0.2) is 69.5 Å². The third-order valence-corrected chi connectivity index (χ3v) is 5.25. The van der Waals surface area contributed by atoms with Crippen LogP contribution >= 0.6 is 0 Å². The van der Waals surface area contributed by atoms with Crippen LogP contribution in [-0.4, -0.2) is 40.1 Å². The van der Waals surface area contributed by atoms with Gasteiger partial charge in [0, 0.05) is 18.9 Å². The third-order valence-electron chi connectivity index (χ3n) is 5.25. The second kappa shape index (κ2) is 9.99. The van der Waals surface area contributed by atoms with Gasteiger partial charge in [-0.25, -0.2) is 24.1 Å². The molecule has 0 atom stereocenters. The van der Waals surface area contributed by atoms with Gasteiger partial charge >= 0.3 is 11.4 Å². The molecular weight excluding hydrogens is 456 g/mol. The van der Waals surface area contributed by atoms with E-state index in [0.29, 0.717) is 6.54 Å². The Bertz CT molecular complexity index is 1560. The van der Waals surface area contributed by atoms with Gasteiger partial charge in [0.15, 0.2) is 11.2 Å². The highest BCUT2D eigenvalue weighted by Gasteiger charge is 2.20. The summed E-state index contributed by atoms with van der Waals surface area (Å²) < 4.78 is 4.78. The predicted molar refractivity (Wildman–Crippen MR) is 124 cm³/mol. The van der Waals surface area contributed by atoms with E-state index in [1.165, 1.54) is 29.4 Å². The molecule has 1 aromatic carbocycles. The number of aryl methyl sites for hydroxylation is 1. The van der Waals surface area contributed by atoms with E-state index >= 15 is 0 Å². The lowest BCUT2D eigenvalue weighted by Gasteiger charge is -2.13. The van der Waals surface area contributed by atoms with Gasteiger partial charge in [0.2, 0.25) is 0 Å². The van der Waals surface area contributed by atoms with Crippen molar-refractivity contribution in [2.45, 2.75) is 33.1 Å². The highest BCUT2D eigenvalue weighted by atomic mass is 16.2. The molecule has 3 heterocycles. The van der Waals surface area contributed by atoms with Crippen LogP contribution in [0, 0.1) is 0 Å². The lowest BCUT2D eigenvalue weighted by atomic mass is 10.2. The first kappa shape index (κ1) is 23.4. The molecule has 4 aromatic rings. The van der Waals surface area contributed by atoms with Crippen molar-refractivity contribution in [1.82, 2.24) is 39.1 Å². The standard InChI is InChI=1S/C22H22N8O5/c1-2-27-14-24-19-18(27)20(33)30(22(35)29(19)11-15-7-4-3-5-8-15)13-17(32)26-25-16(31)12-28-10-6-9-23-21(28)34/h3-10,14H,2,11-13H2,1H3,(H,25,31)(H,26,32). The van der Waals surface area contributed by atoms with Crippen LogP contribution in [0.25, 0.3) is 11.2 Å². The molecule has 0 spiro atoms. The molecule has 0 aliphatic rings. The van der Waals surface area contributed by atoms with E-state index in [2.05, 4.69) is 20.8 Å². The van der Waals surface area contributed by atoms with Crippen LogP contribution in [0.1, 0.15) is 12.5 Å². The quantitative estimate of drug-likeness (QED) is 0.317. The van der Waals surface area contributed by atoms with Gasteiger partial charge in [0.25, 0.3) is 17.4 Å². The van der Waals surface area contributed by atoms with Gasteiger partial charge in [-0.05, 0) is 18.6 Å². The van der Waals surface area contributed by atoms with Gasteiger partial charge in [0.1, 0.15) is 13.1 Å². The third kappa shape index (κ3) is 4.93. The van der Waals surface area contributed by atoms with Gasteiger partial charge < -0.3 is 4.57 Å². The Morgan fingerprint density at radius 1 is 0.886 bits per heavy atom. The number of nitrogens with zero attached hydrogens (tertiary/aromatic N) is 6. The highest BCUT2D eigenvalue weighted by molar-refractivity contribution is 5.82. The van der Waals surface area contributed by atoms with Gasteiger partial charge in [-0.2, -0.15) is 0 Å². The number of amides is 2. The summed E-state index contributed by atoms with van der Waals surface area (Å²) in [7, 11) is 0. The van der Waals surface area contributed by atoms with Crippen molar-refractivity contribution in [3.05, 3.63) is 92.0 Å². The molecular formula is C22H22N8O5. The molecule has 0 radical (unpaired) electrons. The number of hydrogen-bond donors (Lipinski definition) is 2. The molecule has 0 unspecified atom stereocenters. The van der Waals surface area contributed by atoms with E-state index in [-0.39, 0.29) is 24.3 Å². The van der Waals surface area contributed by atoms with Crippen molar-refractivity contribution in [2.75, 3.05) is 0 Å². The van der Waals surface area contributed by atoms with E-state index in [1.807, 2.05) is 37.3 Å². The van der Waals surface area contributed by atoms with Crippen LogP contribution in [-0.2, 0) is 35.8 Å². The number of nitrogens with one attached hydrogen (secondary N) is 2. The number of rotatable bonds is 7. The van der Waals surface area contributed by atoms with Crippen LogP contribution in [0.2, 0.25) is 0 Å². The van der Waals surface area contributed by atoms with Crippen molar-refractivity contribution in [3.63, 3.8) is 0 Å². The van der Waals surface area contributed by atoms with Crippen LogP contribution in [0.3, 0.4) is 0 Å². The molecule has 0 saturated heterocycles. The molecule has 180 valence electrons. The summed E-state index contributed by atoms with van der Waals surface area (Å²) in [6.07, 6.45) is 4.14. The van der Waals surface area contributed by atoms with Gasteiger partial charge in [0.05, 0.1) is 12.9 Å². The van der Waals surface area contributed by atoms with Crippen molar-refractivity contribution < 1.29 is 9.59 Å². The maximum Gasteiger partial charge on any atom is 0.347 e. The molecule has 3 aromatic heterocycles. The first-order valence-corrected chi connectivity index (χ1v) is 10.7. The summed E-state index contributed by atoms with van der Waals surface area (Å²) in [6.45, 7) is 1.40. The zero-order chi connectivity index (χ0) is 24.9. The van der Waals surface area contributed by atoms with E-state index in [1.54, 1.807) is 4.57 Å². The average Bonchev–Trinajstić information content (AvgIpc) is 3.29. The largest absolute Gasteiger partial charge is 0.347 e. The Morgan fingerprint density at radius 2 is 1.60 bits per heavy atom. The molecule has 0 saturated carbocycles. The number of fused-ring (bicyclic) bond motifs is 1. The fourth-order valence-corrected chi connectivity index (χ4v) is 3.55. The Morgan fingerprint density at radius 3 is 2.29 bits per heavy atom. The fourth-order valence-electron chi connectivity index (χ4n) is 3.55. The molecule has 0 bridgehead atoms. The highest BCUT2D eigenvalue weighted by Crippen LogP contribution is 2.09. The second-order valence-electron chi connectivity index (χ2n) is 7.57. The molecule has 0 fully saturated rings. The number of hydrazine groups is 1. The number of hydrogen-bond acceptors (Lipinski definition) is 7. The number of carbonyl (C=O) groups excluding carboxylic acids is 2. The Kier molecular flexibility index (Phi) is 6.66. The normalized spacial score (nSPS) is 10.9. The summed E-state index contributed by atoms with van der Waals surface area (Å²) in [5, 5.41) is 0. The Balaban J connectivity index is 1.58. The Hall–Kier alpha value is -4.81. The first-order chi connectivity index (χ1) is 16.9. The van der Waals surface area contributed by atoms with Crippen molar-refractivity contribution in [3.8, 4) is 0 Å². The Labute approximate surface area is 197 Å². The van der Waals surface area contributed by atoms with Crippen LogP contribution in [0.5, 0.6) is 0 Å². The summed E-state index contributed by atoms with van der Waals surface area (Å²) in [4.78, 5) is 70.3.